The van der Waals surface area contributed by atoms with Crippen molar-refractivity contribution in [2.75, 3.05) is 12.5 Å². The fraction of sp³-hybridized carbons (Fsp3) is 0.0959. The molecule has 1 aliphatic carbocycles. The summed E-state index contributed by atoms with van der Waals surface area (Å²) in [5.41, 5.74) is 20.7. The van der Waals surface area contributed by atoms with Gasteiger partial charge in [0, 0.05) is 32.9 Å². The van der Waals surface area contributed by atoms with Crippen molar-refractivity contribution in [1.82, 2.24) is 9.13 Å². The first-order chi connectivity index (χ1) is 37.3. The van der Waals surface area contributed by atoms with Gasteiger partial charge in [-0.2, -0.15) is 10.0 Å². The lowest BCUT2D eigenvalue weighted by atomic mass is 9.67. The van der Waals surface area contributed by atoms with E-state index in [0.717, 1.165) is 17.8 Å². The first-order valence-corrected chi connectivity index (χ1v) is 29.2. The van der Waals surface area contributed by atoms with Gasteiger partial charge in [0.2, 0.25) is 0 Å². The molecule has 0 saturated carbocycles. The molecular weight excluding hydrogens is 937 g/mol. The lowest BCUT2D eigenvalue weighted by Crippen LogP contribution is -2.28. The van der Waals surface area contributed by atoms with Gasteiger partial charge in [-0.15, -0.1) is 0 Å². The molecule has 0 amide bonds. The summed E-state index contributed by atoms with van der Waals surface area (Å²) in [5, 5.41) is 5.02. The molecule has 3 heteroatoms. The maximum atomic E-state index is 2.45. The van der Waals surface area contributed by atoms with Crippen molar-refractivity contribution < 1.29 is 0 Å². The molecule has 2 aromatic heterocycles. The first kappa shape index (κ1) is 45.9. The Hall–Kier alpha value is -8.63. The van der Waals surface area contributed by atoms with Gasteiger partial charge in [0.1, 0.15) is 0 Å². The molecule has 0 unspecified atom stereocenters. The van der Waals surface area contributed by atoms with Crippen molar-refractivity contribution in [3.8, 4) is 44.8 Å². The van der Waals surface area contributed by atoms with Crippen molar-refractivity contribution >= 4 is 53.6 Å². The van der Waals surface area contributed by atoms with Crippen molar-refractivity contribution in [3.63, 3.8) is 0 Å². The van der Waals surface area contributed by atoms with Crippen molar-refractivity contribution in [2.24, 2.45) is 5.92 Å². The van der Waals surface area contributed by atoms with Gasteiger partial charge in [0.05, 0.1) is 27.5 Å². The molecule has 0 bridgehead atoms. The molecule has 1 aliphatic rings. The normalized spacial score (nSPS) is 13.2. The van der Waals surface area contributed by atoms with Gasteiger partial charge in [-0.3, -0.25) is 0 Å². The van der Waals surface area contributed by atoms with E-state index in [0.29, 0.717) is 5.92 Å². The molecule has 76 heavy (non-hydrogen) atoms. The molecule has 0 N–H and O–H groups in total. The molecule has 11 aromatic carbocycles. The summed E-state index contributed by atoms with van der Waals surface area (Å²) in [4.78, 5) is 2.71. The van der Waals surface area contributed by atoms with Crippen LogP contribution in [-0.4, -0.2) is 21.6 Å². The van der Waals surface area contributed by atoms with Crippen LogP contribution in [0.1, 0.15) is 41.7 Å². The minimum absolute atomic E-state index is 0.448. The third kappa shape index (κ3) is 7.24. The van der Waals surface area contributed by atoms with E-state index in [1.165, 1.54) is 115 Å². The van der Waals surface area contributed by atoms with Crippen molar-refractivity contribution in [2.45, 2.75) is 35.5 Å². The Morgan fingerprint density at radius 2 is 0.776 bits per heavy atom. The topological polar surface area (TPSA) is 9.86 Å². The van der Waals surface area contributed by atoms with Crippen LogP contribution in [0.2, 0.25) is 0 Å². The molecule has 2 heterocycles. The summed E-state index contributed by atoms with van der Waals surface area (Å²) in [5.74, 6) is 0.602. The molecule has 366 valence electrons. The summed E-state index contributed by atoms with van der Waals surface area (Å²) >= 11 is 0. The number of para-hydroxylation sites is 4. The molecule has 0 fully saturated rings. The maximum Gasteiger partial charge on any atom is 0.0713 e. The number of benzene rings is 11. The van der Waals surface area contributed by atoms with Crippen LogP contribution in [-0.2, 0) is 11.8 Å². The first-order valence-electron chi connectivity index (χ1n) is 26.7. The van der Waals surface area contributed by atoms with Gasteiger partial charge in [0.15, 0.2) is 0 Å². The van der Waals surface area contributed by atoms with Crippen molar-refractivity contribution in [1.29, 1.82) is 0 Å². The average Bonchev–Trinajstić information content (AvgIpc) is 4.13. The average molecular weight is 995 g/mol. The van der Waals surface area contributed by atoms with E-state index in [2.05, 4.69) is 296 Å². The molecule has 0 atom stereocenters. The highest BCUT2D eigenvalue weighted by molar-refractivity contribution is 8.32. The van der Waals surface area contributed by atoms with Crippen LogP contribution in [0.4, 0.5) is 0 Å². The summed E-state index contributed by atoms with van der Waals surface area (Å²) in [6.07, 6.45) is 5.94. The van der Waals surface area contributed by atoms with Gasteiger partial charge in [-0.1, -0.05) is 202 Å². The zero-order valence-corrected chi connectivity index (χ0v) is 44.2. The molecule has 0 aliphatic heterocycles. The molecular formula is C73H58N2S. The molecule has 2 nitrogen and oxygen atoms in total. The Labute approximate surface area is 447 Å². The van der Waals surface area contributed by atoms with Crippen LogP contribution in [0, 0.1) is 5.92 Å². The number of nitrogens with zero attached hydrogens (tertiary/aromatic N) is 2. The SMILES string of the molecule is CC(C)Cc1ccc(C2(c3cccc(-c4ccc(S(C)(C)c5ccc(-c6cc(-n7c8ccccc8c8ccccc87)cc(-n7c8ccccc8c8ccccc87)c6)cc5)cc4)c3)c3ccccc3-c3ccccc32)cc1. The quantitative estimate of drug-likeness (QED) is 0.129. The Balaban J connectivity index is 0.831. The number of fused-ring (bicyclic) bond motifs is 9. The van der Waals surface area contributed by atoms with E-state index < -0.39 is 15.4 Å². The van der Waals surface area contributed by atoms with Gasteiger partial charge in [0.25, 0.3) is 0 Å². The van der Waals surface area contributed by atoms with Gasteiger partial charge >= 0.3 is 0 Å². The fourth-order valence-electron chi connectivity index (χ4n) is 12.9. The van der Waals surface area contributed by atoms with Crippen LogP contribution in [0.3, 0.4) is 0 Å². The minimum Gasteiger partial charge on any atom is -0.309 e. The second-order valence-corrected chi connectivity index (χ2v) is 25.2. The van der Waals surface area contributed by atoms with Crippen LogP contribution < -0.4 is 0 Å². The number of hydrogen-bond donors (Lipinski definition) is 0. The van der Waals surface area contributed by atoms with Crippen LogP contribution in [0.5, 0.6) is 0 Å². The van der Waals surface area contributed by atoms with Crippen LogP contribution >= 0.6 is 10.0 Å². The van der Waals surface area contributed by atoms with Crippen molar-refractivity contribution in [3.05, 3.63) is 289 Å². The predicted molar refractivity (Wildman–Crippen MR) is 324 cm³/mol. The standard InChI is InChI=1S/C73H58N2S/c1-49(2)44-50-32-38-55(39-33-50)73(67-26-11-5-20-61(67)62-21-6-12-27-68(62)73)56-19-17-18-53(45-56)51-34-40-59(41-35-51)76(3,4)60-42-36-52(37-43-60)54-46-57(74-69-28-13-7-22-63(69)64-23-8-14-29-70(64)74)48-58(47-54)75-71-30-15-9-24-65(71)66-25-10-16-31-72(66)75/h5-43,45-49H,44H2,1-4H3. The van der Waals surface area contributed by atoms with E-state index in [9.17, 15) is 0 Å². The van der Waals surface area contributed by atoms with E-state index in [1.54, 1.807) is 0 Å². The summed E-state index contributed by atoms with van der Waals surface area (Å²) in [6, 6.07) is 98.2. The van der Waals surface area contributed by atoms with E-state index in [1.807, 2.05) is 0 Å². The van der Waals surface area contributed by atoms with Gasteiger partial charge in [-0.05, 0) is 169 Å². The largest absolute Gasteiger partial charge is 0.309 e. The third-order valence-electron chi connectivity index (χ3n) is 16.4. The summed E-state index contributed by atoms with van der Waals surface area (Å²) in [6.45, 7) is 4.60. The monoisotopic (exact) mass is 994 g/mol. The highest BCUT2D eigenvalue weighted by atomic mass is 32.3. The highest BCUT2D eigenvalue weighted by Crippen LogP contribution is 2.58. The Morgan fingerprint density at radius 3 is 1.24 bits per heavy atom. The molecule has 14 rings (SSSR count). The zero-order chi connectivity index (χ0) is 51.1. The predicted octanol–water partition coefficient (Wildman–Crippen LogP) is 19.3. The second-order valence-electron chi connectivity index (χ2n) is 21.6. The van der Waals surface area contributed by atoms with Crippen LogP contribution in [0.15, 0.2) is 271 Å². The second kappa shape index (κ2) is 18.0. The van der Waals surface area contributed by atoms with E-state index in [-0.39, 0.29) is 0 Å². The maximum absolute atomic E-state index is 2.45. The Bertz CT molecular complexity index is 4070. The molecule has 13 aromatic rings. The van der Waals surface area contributed by atoms with E-state index >= 15 is 0 Å². The number of aromatic nitrogens is 2. The smallest absolute Gasteiger partial charge is 0.0713 e. The molecule has 0 saturated heterocycles. The Morgan fingerprint density at radius 1 is 0.355 bits per heavy atom. The van der Waals surface area contributed by atoms with Crippen LogP contribution in [0.25, 0.3) is 88.4 Å². The van der Waals surface area contributed by atoms with Gasteiger partial charge < -0.3 is 9.13 Å². The highest BCUT2D eigenvalue weighted by Gasteiger charge is 2.46. The van der Waals surface area contributed by atoms with Gasteiger partial charge in [-0.25, -0.2) is 0 Å². The minimum atomic E-state index is -1.37. The summed E-state index contributed by atoms with van der Waals surface area (Å²) < 4.78 is 4.90. The summed E-state index contributed by atoms with van der Waals surface area (Å²) in [7, 11) is -1.37. The zero-order valence-electron chi connectivity index (χ0n) is 43.4. The lowest BCUT2D eigenvalue weighted by Gasteiger charge is -2.34. The molecule has 0 radical (unpaired) electrons. The number of rotatable bonds is 10. The van der Waals surface area contributed by atoms with E-state index in [4.69, 9.17) is 0 Å². The molecule has 0 spiro atoms. The number of hydrogen-bond acceptors (Lipinski definition) is 0. The fourth-order valence-corrected chi connectivity index (χ4v) is 14.8. The third-order valence-corrected chi connectivity index (χ3v) is 19.3. The lowest BCUT2D eigenvalue weighted by molar-refractivity contribution is 0.646. The Kier molecular flexibility index (Phi) is 10.9.